The summed E-state index contributed by atoms with van der Waals surface area (Å²) in [5.41, 5.74) is 2.53. The summed E-state index contributed by atoms with van der Waals surface area (Å²) in [6.45, 7) is 5.96. The molecule has 14 heavy (non-hydrogen) atoms. The van der Waals surface area contributed by atoms with E-state index >= 15 is 0 Å². The van der Waals surface area contributed by atoms with Crippen molar-refractivity contribution in [2.75, 3.05) is 0 Å². The fourth-order valence-electron chi connectivity index (χ4n) is 1.68. The van der Waals surface area contributed by atoms with E-state index in [4.69, 9.17) is 0 Å². The maximum atomic E-state index is 3.84. The van der Waals surface area contributed by atoms with Crippen molar-refractivity contribution in [2.45, 2.75) is 6.92 Å². The van der Waals surface area contributed by atoms with Gasteiger partial charge in [-0.15, -0.1) is 0 Å². The van der Waals surface area contributed by atoms with E-state index in [9.17, 15) is 0 Å². The van der Waals surface area contributed by atoms with Gasteiger partial charge in [-0.25, -0.2) is 0 Å². The summed E-state index contributed by atoms with van der Waals surface area (Å²) in [4.78, 5) is 0. The predicted molar refractivity (Wildman–Crippen MR) is 64.5 cm³/mol. The third-order valence-electron chi connectivity index (χ3n) is 2.39. The molecule has 1 heteroatoms. The monoisotopic (exact) mass is 191 g/mol. The van der Waals surface area contributed by atoms with Crippen molar-refractivity contribution in [3.63, 3.8) is 0 Å². The molecule has 0 saturated carbocycles. The first-order valence-electron chi connectivity index (χ1n) is 4.43. The fraction of sp³-hybridized carbons (Fsp3) is 0.0769. The van der Waals surface area contributed by atoms with Crippen molar-refractivity contribution in [1.29, 1.82) is 0 Å². The van der Waals surface area contributed by atoms with Gasteiger partial charge in [0, 0.05) is 29.6 Å². The van der Waals surface area contributed by atoms with Crippen LogP contribution in [-0.4, -0.2) is 29.6 Å². The van der Waals surface area contributed by atoms with Crippen LogP contribution < -0.4 is 0 Å². The number of rotatable bonds is 1. The Balaban J connectivity index is 0.000000980. The average molecular weight is 191 g/mol. The third-order valence-corrected chi connectivity index (χ3v) is 2.39. The first-order valence-corrected chi connectivity index (χ1v) is 4.43. The molecule has 0 aliphatic carbocycles. The molecular weight excluding hydrogens is 179 g/mol. The van der Waals surface area contributed by atoms with Crippen LogP contribution >= 0.6 is 0 Å². The SMILES string of the molecule is C=Cc1c(C)ccc2ccccc12.[Na]. The molecular formula is C13H12Na. The van der Waals surface area contributed by atoms with Gasteiger partial charge in [0.05, 0.1) is 0 Å². The first kappa shape index (κ1) is 11.5. The van der Waals surface area contributed by atoms with E-state index in [2.05, 4.69) is 49.9 Å². The molecule has 0 fully saturated rings. The Hall–Kier alpha value is -0.560. The predicted octanol–water partition coefficient (Wildman–Crippen LogP) is 3.41. The Bertz CT molecular complexity index is 458. The molecule has 0 unspecified atom stereocenters. The van der Waals surface area contributed by atoms with Gasteiger partial charge in [-0.3, -0.25) is 0 Å². The van der Waals surface area contributed by atoms with Gasteiger partial charge >= 0.3 is 0 Å². The zero-order chi connectivity index (χ0) is 9.26. The van der Waals surface area contributed by atoms with Gasteiger partial charge in [0.1, 0.15) is 0 Å². The molecule has 0 saturated heterocycles. The third kappa shape index (κ3) is 1.93. The molecule has 2 aromatic carbocycles. The fourth-order valence-corrected chi connectivity index (χ4v) is 1.68. The van der Waals surface area contributed by atoms with E-state index in [1.165, 1.54) is 21.9 Å². The number of hydrogen-bond acceptors (Lipinski definition) is 0. The van der Waals surface area contributed by atoms with Gasteiger partial charge < -0.3 is 0 Å². The minimum absolute atomic E-state index is 0. The molecule has 2 rings (SSSR count). The molecule has 2 aromatic rings. The number of benzene rings is 2. The van der Waals surface area contributed by atoms with Crippen molar-refractivity contribution in [1.82, 2.24) is 0 Å². The molecule has 0 amide bonds. The molecule has 0 spiro atoms. The van der Waals surface area contributed by atoms with Gasteiger partial charge in [0.15, 0.2) is 0 Å². The minimum Gasteiger partial charge on any atom is -0.0984 e. The molecule has 0 N–H and O–H groups in total. The quantitative estimate of drug-likeness (QED) is 0.606. The Morgan fingerprint density at radius 2 is 1.79 bits per heavy atom. The van der Waals surface area contributed by atoms with Gasteiger partial charge in [0.2, 0.25) is 0 Å². The van der Waals surface area contributed by atoms with E-state index in [-0.39, 0.29) is 29.6 Å². The Labute approximate surface area is 107 Å². The maximum Gasteiger partial charge on any atom is 0 e. The van der Waals surface area contributed by atoms with Crippen molar-refractivity contribution < 1.29 is 0 Å². The van der Waals surface area contributed by atoms with Crippen LogP contribution in [0.1, 0.15) is 11.1 Å². The summed E-state index contributed by atoms with van der Waals surface area (Å²) in [6.07, 6.45) is 1.93. The number of aryl methyl sites for hydroxylation is 1. The van der Waals surface area contributed by atoms with Crippen molar-refractivity contribution >= 4 is 46.4 Å². The summed E-state index contributed by atoms with van der Waals surface area (Å²) in [6, 6.07) is 12.7. The van der Waals surface area contributed by atoms with Crippen molar-refractivity contribution in [3.05, 3.63) is 54.1 Å². The van der Waals surface area contributed by atoms with E-state index < -0.39 is 0 Å². The normalized spacial score (nSPS) is 9.50. The molecule has 0 aromatic heterocycles. The molecule has 0 aliphatic rings. The van der Waals surface area contributed by atoms with Gasteiger partial charge in [0.25, 0.3) is 0 Å². The summed E-state index contributed by atoms with van der Waals surface area (Å²) in [5.74, 6) is 0. The van der Waals surface area contributed by atoms with Gasteiger partial charge in [-0.1, -0.05) is 49.1 Å². The van der Waals surface area contributed by atoms with Crippen LogP contribution in [0.2, 0.25) is 0 Å². The van der Waals surface area contributed by atoms with Crippen LogP contribution in [0, 0.1) is 6.92 Å². The molecule has 0 bridgehead atoms. The average Bonchev–Trinajstić information content (AvgIpc) is 2.18. The molecule has 1 radical (unpaired) electrons. The summed E-state index contributed by atoms with van der Waals surface area (Å²) in [5, 5.41) is 2.57. The second-order valence-electron chi connectivity index (χ2n) is 3.22. The first-order chi connectivity index (χ1) is 6.33. The minimum atomic E-state index is 0. The maximum absolute atomic E-state index is 3.84. The molecule has 0 aliphatic heterocycles. The zero-order valence-corrected chi connectivity index (χ0v) is 10.7. The Morgan fingerprint density at radius 3 is 2.50 bits per heavy atom. The molecule has 0 nitrogen and oxygen atoms in total. The number of fused-ring (bicyclic) bond motifs is 1. The standard InChI is InChI=1S/C13H12.Na/c1-3-12-10(2)8-9-11-6-4-5-7-13(11)12;/h3-9H,1H2,2H3;. The molecule has 65 valence electrons. The van der Waals surface area contributed by atoms with Crippen LogP contribution in [0.25, 0.3) is 16.8 Å². The van der Waals surface area contributed by atoms with Crippen LogP contribution in [-0.2, 0) is 0 Å². The van der Waals surface area contributed by atoms with E-state index in [0.717, 1.165) is 0 Å². The van der Waals surface area contributed by atoms with Crippen molar-refractivity contribution in [3.8, 4) is 0 Å². The molecule has 0 atom stereocenters. The van der Waals surface area contributed by atoms with E-state index in [1.807, 2.05) is 6.08 Å². The Morgan fingerprint density at radius 1 is 1.07 bits per heavy atom. The Kier molecular flexibility index (Phi) is 3.94. The largest absolute Gasteiger partial charge is 0.0984 e. The van der Waals surface area contributed by atoms with Crippen LogP contribution in [0.3, 0.4) is 0 Å². The second-order valence-corrected chi connectivity index (χ2v) is 3.22. The van der Waals surface area contributed by atoms with Crippen LogP contribution in [0.4, 0.5) is 0 Å². The molecule has 0 heterocycles. The number of hydrogen-bond donors (Lipinski definition) is 0. The summed E-state index contributed by atoms with van der Waals surface area (Å²) >= 11 is 0. The van der Waals surface area contributed by atoms with Crippen LogP contribution in [0.15, 0.2) is 43.0 Å². The van der Waals surface area contributed by atoms with Gasteiger partial charge in [-0.05, 0) is 28.8 Å². The second kappa shape index (κ2) is 4.79. The van der Waals surface area contributed by atoms with Crippen LogP contribution in [0.5, 0.6) is 0 Å². The zero-order valence-electron chi connectivity index (χ0n) is 8.75. The van der Waals surface area contributed by atoms with Crippen molar-refractivity contribution in [2.24, 2.45) is 0 Å². The van der Waals surface area contributed by atoms with E-state index in [1.54, 1.807) is 0 Å². The topological polar surface area (TPSA) is 0 Å². The smallest absolute Gasteiger partial charge is 0 e. The van der Waals surface area contributed by atoms with Gasteiger partial charge in [-0.2, -0.15) is 0 Å². The summed E-state index contributed by atoms with van der Waals surface area (Å²) in [7, 11) is 0. The summed E-state index contributed by atoms with van der Waals surface area (Å²) < 4.78 is 0. The van der Waals surface area contributed by atoms with E-state index in [0.29, 0.717) is 0 Å².